The Hall–Kier alpha value is 0.220. The van der Waals surface area contributed by atoms with Crippen LogP contribution in [0.4, 0.5) is 5.69 Å². The minimum Gasteiger partial charge on any atom is -0.744 e. The van der Waals surface area contributed by atoms with E-state index in [0.717, 1.165) is 0 Å². The Morgan fingerprint density at radius 3 is 2.36 bits per heavy atom. The minimum atomic E-state index is -4.54. The number of aryl methyl sites for hydroxylation is 1. The molecular weight excluding hydrogens is 237 g/mol. The van der Waals surface area contributed by atoms with E-state index in [9.17, 15) is 13.0 Å². The topological polar surface area (TPSA) is 83.2 Å². The Labute approximate surface area is 109 Å². The van der Waals surface area contributed by atoms with E-state index in [1.165, 1.54) is 12.1 Å². The third-order valence-corrected chi connectivity index (χ3v) is 2.69. The van der Waals surface area contributed by atoms with Crippen LogP contribution in [0.25, 0.3) is 0 Å². The molecule has 0 aliphatic heterocycles. The van der Waals surface area contributed by atoms with Crippen molar-refractivity contribution in [3.63, 3.8) is 0 Å². The average Bonchev–Trinajstić information content (AvgIpc) is 1.94. The van der Waals surface area contributed by atoms with Crippen LogP contribution in [-0.2, 0) is 10.1 Å². The van der Waals surface area contributed by atoms with Gasteiger partial charge in [-0.1, -0.05) is 11.6 Å². The van der Waals surface area contributed by atoms with E-state index < -0.39 is 15.0 Å². The summed E-state index contributed by atoms with van der Waals surface area (Å²) in [5.41, 5.74) is 5.71. The Morgan fingerprint density at radius 1 is 1.43 bits per heavy atom. The maximum atomic E-state index is 10.7. The fraction of sp³-hybridized carbons (Fsp3) is 0.143. The van der Waals surface area contributed by atoms with Gasteiger partial charge >= 0.3 is 29.6 Å². The number of benzene rings is 1. The van der Waals surface area contributed by atoms with E-state index in [1.54, 1.807) is 6.92 Å². The maximum Gasteiger partial charge on any atom is 1.00 e. The van der Waals surface area contributed by atoms with Crippen LogP contribution in [0, 0.1) is 6.92 Å². The van der Waals surface area contributed by atoms with Gasteiger partial charge in [-0.25, -0.2) is 8.42 Å². The smallest absolute Gasteiger partial charge is 0.744 e. The number of hydrogen-bond donors (Lipinski definition) is 1. The van der Waals surface area contributed by atoms with Gasteiger partial charge in [0.25, 0.3) is 0 Å². The first-order valence-corrected chi connectivity index (χ1v) is 5.12. The third kappa shape index (κ3) is 3.12. The zero-order valence-corrected chi connectivity index (χ0v) is 11.3. The summed E-state index contributed by atoms with van der Waals surface area (Å²) in [6, 6.07) is 2.69. The van der Waals surface area contributed by atoms with Crippen molar-refractivity contribution in [1.82, 2.24) is 0 Å². The van der Waals surface area contributed by atoms with Crippen LogP contribution in [0.2, 0.25) is 5.02 Å². The summed E-state index contributed by atoms with van der Waals surface area (Å²) in [6.45, 7) is 1.62. The van der Waals surface area contributed by atoms with Gasteiger partial charge in [-0.3, -0.25) is 0 Å². The second-order valence-electron chi connectivity index (χ2n) is 2.61. The molecule has 0 saturated carbocycles. The van der Waals surface area contributed by atoms with Crippen LogP contribution < -0.4 is 35.3 Å². The van der Waals surface area contributed by atoms with E-state index in [2.05, 4.69) is 0 Å². The van der Waals surface area contributed by atoms with Crippen LogP contribution in [0.15, 0.2) is 17.0 Å². The molecule has 0 spiro atoms. The number of hydrogen-bond acceptors (Lipinski definition) is 4. The van der Waals surface area contributed by atoms with Gasteiger partial charge in [0.05, 0.1) is 15.6 Å². The monoisotopic (exact) mass is 243 g/mol. The summed E-state index contributed by atoms with van der Waals surface area (Å²) in [5, 5.41) is 0.0782. The average molecular weight is 244 g/mol. The zero-order valence-electron chi connectivity index (χ0n) is 7.74. The molecule has 0 heterocycles. The van der Waals surface area contributed by atoms with Crippen molar-refractivity contribution in [2.45, 2.75) is 11.8 Å². The summed E-state index contributed by atoms with van der Waals surface area (Å²) in [6.07, 6.45) is 0. The summed E-state index contributed by atoms with van der Waals surface area (Å²) < 4.78 is 32.0. The number of rotatable bonds is 1. The molecule has 2 N–H and O–H groups in total. The molecule has 1 aromatic carbocycles. The molecule has 0 saturated heterocycles. The normalized spacial score (nSPS) is 10.8. The number of nitrogens with two attached hydrogens (primary N) is 1. The first kappa shape index (κ1) is 14.2. The summed E-state index contributed by atoms with van der Waals surface area (Å²) in [7, 11) is -4.54. The maximum absolute atomic E-state index is 10.7. The fourth-order valence-electron chi connectivity index (χ4n) is 0.928. The van der Waals surface area contributed by atoms with Crippen molar-refractivity contribution in [2.75, 3.05) is 5.73 Å². The minimum absolute atomic E-state index is 0. The van der Waals surface area contributed by atoms with Crippen LogP contribution >= 0.6 is 11.6 Å². The molecule has 7 heteroatoms. The molecular formula is C7H7ClNNaO3S. The number of nitrogen functional groups attached to an aromatic ring is 1. The molecule has 0 amide bonds. The molecule has 1 aromatic rings. The van der Waals surface area contributed by atoms with Gasteiger partial charge in [0.15, 0.2) is 0 Å². The molecule has 0 radical (unpaired) electrons. The van der Waals surface area contributed by atoms with Crippen molar-refractivity contribution < 1.29 is 42.5 Å². The molecule has 1 rings (SSSR count). The van der Waals surface area contributed by atoms with E-state index in [-0.39, 0.29) is 40.3 Å². The molecule has 72 valence electrons. The van der Waals surface area contributed by atoms with Gasteiger partial charge < -0.3 is 10.3 Å². The van der Waals surface area contributed by atoms with Gasteiger partial charge in [0, 0.05) is 0 Å². The summed E-state index contributed by atoms with van der Waals surface area (Å²) in [4.78, 5) is -0.461. The van der Waals surface area contributed by atoms with E-state index in [1.807, 2.05) is 0 Å². The summed E-state index contributed by atoms with van der Waals surface area (Å²) >= 11 is 5.60. The second-order valence-corrected chi connectivity index (χ2v) is 4.37. The van der Waals surface area contributed by atoms with E-state index in [0.29, 0.717) is 5.56 Å². The van der Waals surface area contributed by atoms with Crippen LogP contribution in [-0.4, -0.2) is 13.0 Å². The molecule has 0 unspecified atom stereocenters. The van der Waals surface area contributed by atoms with E-state index in [4.69, 9.17) is 17.3 Å². The fourth-order valence-corrected chi connectivity index (χ4v) is 1.97. The predicted octanol–water partition coefficient (Wildman–Crippen LogP) is -1.86. The van der Waals surface area contributed by atoms with Crippen molar-refractivity contribution in [2.24, 2.45) is 0 Å². The molecule has 0 aromatic heterocycles. The van der Waals surface area contributed by atoms with Gasteiger partial charge in [0.1, 0.15) is 10.1 Å². The van der Waals surface area contributed by atoms with Crippen LogP contribution in [0.3, 0.4) is 0 Å². The second kappa shape index (κ2) is 4.83. The van der Waals surface area contributed by atoms with Crippen molar-refractivity contribution in [1.29, 1.82) is 0 Å². The molecule has 0 bridgehead atoms. The molecule has 4 nitrogen and oxygen atoms in total. The van der Waals surface area contributed by atoms with Crippen molar-refractivity contribution in [3.8, 4) is 0 Å². The molecule has 0 fully saturated rings. The molecule has 0 aliphatic rings. The van der Waals surface area contributed by atoms with Gasteiger partial charge in [0.2, 0.25) is 0 Å². The Morgan fingerprint density at radius 2 is 1.93 bits per heavy atom. The first-order chi connectivity index (χ1) is 5.82. The Bertz CT molecular complexity index is 446. The van der Waals surface area contributed by atoms with Crippen molar-refractivity contribution >= 4 is 27.4 Å². The van der Waals surface area contributed by atoms with Crippen LogP contribution in [0.1, 0.15) is 5.56 Å². The predicted molar refractivity (Wildman–Crippen MR) is 48.6 cm³/mol. The zero-order chi connectivity index (χ0) is 10.2. The van der Waals surface area contributed by atoms with Gasteiger partial charge in [-0.2, -0.15) is 0 Å². The van der Waals surface area contributed by atoms with Gasteiger partial charge in [-0.15, -0.1) is 0 Å². The largest absolute Gasteiger partial charge is 1.00 e. The van der Waals surface area contributed by atoms with Crippen molar-refractivity contribution in [3.05, 3.63) is 22.7 Å². The standard InChI is InChI=1S/C7H8ClNO3S.Na/c1-4-2-5(8)7(9)6(3-4)13(10,11)12;/h2-3H,9H2,1H3,(H,10,11,12);/q;+1/p-1. The Balaban J connectivity index is 0.00000169. The summed E-state index contributed by atoms with van der Waals surface area (Å²) in [5.74, 6) is 0. The van der Waals surface area contributed by atoms with Crippen LogP contribution in [0.5, 0.6) is 0 Å². The molecule has 0 aliphatic carbocycles. The Kier molecular flexibility index (Phi) is 4.90. The molecule has 14 heavy (non-hydrogen) atoms. The third-order valence-electron chi connectivity index (χ3n) is 1.51. The first-order valence-electron chi connectivity index (χ1n) is 3.34. The van der Waals surface area contributed by atoms with E-state index >= 15 is 0 Å². The number of anilines is 1. The quantitative estimate of drug-likeness (QED) is 0.356. The molecule has 0 atom stereocenters. The SMILES string of the molecule is Cc1cc(Cl)c(N)c(S(=O)(=O)[O-])c1.[Na+]. The van der Waals surface area contributed by atoms with Gasteiger partial charge in [-0.05, 0) is 24.6 Å². The number of halogens is 1.